The van der Waals surface area contributed by atoms with Crippen LogP contribution in [-0.4, -0.2) is 22.8 Å². The van der Waals surface area contributed by atoms with Gasteiger partial charge in [0.05, 0.1) is 22.5 Å². The summed E-state index contributed by atoms with van der Waals surface area (Å²) in [4.78, 5) is 23.0. The fraction of sp³-hybridized carbons (Fsp3) is 0.0667. The van der Waals surface area contributed by atoms with Crippen molar-refractivity contribution in [1.82, 2.24) is 5.43 Å². The smallest absolute Gasteiger partial charge is 0.272 e. The van der Waals surface area contributed by atoms with Gasteiger partial charge in [-0.05, 0) is 18.2 Å². The molecule has 0 atom stereocenters. The molecule has 0 spiro atoms. The number of carbonyl (C=O) groups excluding carboxylic acids is 1. The molecule has 112 valence electrons. The molecule has 0 fully saturated rings. The Labute approximate surface area is 131 Å². The second-order valence-corrected chi connectivity index (χ2v) is 5.26. The summed E-state index contributed by atoms with van der Waals surface area (Å²) in [7, 11) is 0. The van der Waals surface area contributed by atoms with Gasteiger partial charge in [-0.15, -0.1) is 11.8 Å². The van der Waals surface area contributed by atoms with E-state index in [0.717, 1.165) is 4.90 Å². The Morgan fingerprint density at radius 3 is 2.59 bits per heavy atom. The van der Waals surface area contributed by atoms with E-state index in [1.807, 2.05) is 30.3 Å². The van der Waals surface area contributed by atoms with E-state index >= 15 is 0 Å². The average Bonchev–Trinajstić information content (AvgIpc) is 2.54. The van der Waals surface area contributed by atoms with Crippen molar-refractivity contribution in [3.8, 4) is 0 Å². The van der Waals surface area contributed by atoms with Crippen molar-refractivity contribution in [3.05, 3.63) is 70.3 Å². The van der Waals surface area contributed by atoms with Gasteiger partial charge in [0.25, 0.3) is 5.69 Å². The summed E-state index contributed by atoms with van der Waals surface area (Å²) in [5.41, 5.74) is 2.63. The Balaban J connectivity index is 1.87. The fourth-order valence-electron chi connectivity index (χ4n) is 1.63. The highest BCUT2D eigenvalue weighted by Gasteiger charge is 2.10. The molecule has 0 saturated carbocycles. The summed E-state index contributed by atoms with van der Waals surface area (Å²) in [6.07, 6.45) is 1.27. The van der Waals surface area contributed by atoms with E-state index in [1.54, 1.807) is 18.2 Å². The molecular weight excluding hydrogens is 302 g/mol. The highest BCUT2D eigenvalue weighted by molar-refractivity contribution is 8.00. The van der Waals surface area contributed by atoms with Gasteiger partial charge in [0.2, 0.25) is 5.91 Å². The van der Waals surface area contributed by atoms with Crippen LogP contribution in [0, 0.1) is 10.1 Å². The largest absolute Gasteiger partial charge is 0.278 e. The number of hydrogen-bond acceptors (Lipinski definition) is 5. The molecule has 0 aliphatic carbocycles. The van der Waals surface area contributed by atoms with Gasteiger partial charge < -0.3 is 0 Å². The van der Waals surface area contributed by atoms with E-state index in [4.69, 9.17) is 0 Å². The molecule has 0 heterocycles. The normalized spacial score (nSPS) is 10.5. The quantitative estimate of drug-likeness (QED) is 0.384. The lowest BCUT2D eigenvalue weighted by atomic mass is 10.2. The van der Waals surface area contributed by atoms with Crippen molar-refractivity contribution in [2.75, 3.05) is 5.75 Å². The Bertz CT molecular complexity index is 689. The molecular formula is C15H13N3O3S. The van der Waals surface area contributed by atoms with Crippen LogP contribution in [0.1, 0.15) is 5.56 Å². The van der Waals surface area contributed by atoms with Crippen LogP contribution in [0.15, 0.2) is 64.6 Å². The number of para-hydroxylation sites is 1. The molecule has 0 saturated heterocycles. The molecule has 0 unspecified atom stereocenters. The maximum Gasteiger partial charge on any atom is 0.278 e. The minimum Gasteiger partial charge on any atom is -0.272 e. The first-order valence-electron chi connectivity index (χ1n) is 6.40. The number of benzene rings is 2. The highest BCUT2D eigenvalue weighted by Crippen LogP contribution is 2.16. The van der Waals surface area contributed by atoms with Crippen molar-refractivity contribution in [3.63, 3.8) is 0 Å². The van der Waals surface area contributed by atoms with E-state index in [-0.39, 0.29) is 17.3 Å². The molecule has 2 aromatic carbocycles. The summed E-state index contributed by atoms with van der Waals surface area (Å²) >= 11 is 1.39. The van der Waals surface area contributed by atoms with Crippen molar-refractivity contribution in [2.45, 2.75) is 4.90 Å². The number of nitro groups is 1. The van der Waals surface area contributed by atoms with Crippen LogP contribution < -0.4 is 5.43 Å². The number of hydrogen-bond donors (Lipinski definition) is 1. The molecule has 0 aromatic heterocycles. The zero-order chi connectivity index (χ0) is 15.8. The SMILES string of the molecule is O=C(CSc1ccccc1)NN=Cc1ccccc1[N+](=O)[O-]. The number of nitrogens with zero attached hydrogens (tertiary/aromatic N) is 2. The molecule has 7 heteroatoms. The molecule has 2 rings (SSSR count). The zero-order valence-corrected chi connectivity index (χ0v) is 12.3. The summed E-state index contributed by atoms with van der Waals surface area (Å²) in [6, 6.07) is 15.7. The van der Waals surface area contributed by atoms with Gasteiger partial charge in [-0.3, -0.25) is 14.9 Å². The summed E-state index contributed by atoms with van der Waals surface area (Å²) < 4.78 is 0. The first-order chi connectivity index (χ1) is 10.7. The van der Waals surface area contributed by atoms with E-state index in [0.29, 0.717) is 5.56 Å². The standard InChI is InChI=1S/C15H13N3O3S/c19-15(11-22-13-7-2-1-3-8-13)17-16-10-12-6-4-5-9-14(12)18(20)21/h1-10H,11H2,(H,17,19). The molecule has 6 nitrogen and oxygen atoms in total. The topological polar surface area (TPSA) is 84.6 Å². The zero-order valence-electron chi connectivity index (χ0n) is 11.5. The van der Waals surface area contributed by atoms with E-state index in [9.17, 15) is 14.9 Å². The van der Waals surface area contributed by atoms with Crippen LogP contribution in [0.4, 0.5) is 5.69 Å². The van der Waals surface area contributed by atoms with Crippen LogP contribution in [-0.2, 0) is 4.79 Å². The van der Waals surface area contributed by atoms with Gasteiger partial charge in [0.15, 0.2) is 0 Å². The van der Waals surface area contributed by atoms with Crippen LogP contribution in [0.5, 0.6) is 0 Å². The monoisotopic (exact) mass is 315 g/mol. The Kier molecular flexibility index (Phi) is 5.67. The maximum absolute atomic E-state index is 11.6. The Morgan fingerprint density at radius 2 is 1.86 bits per heavy atom. The summed E-state index contributed by atoms with van der Waals surface area (Å²) in [5.74, 6) is -0.0539. The minimum atomic E-state index is -0.492. The second kappa shape index (κ2) is 7.94. The summed E-state index contributed by atoms with van der Waals surface area (Å²) in [5, 5.41) is 14.6. The number of amides is 1. The lowest BCUT2D eigenvalue weighted by Gasteiger charge is -2.00. The van der Waals surface area contributed by atoms with E-state index in [2.05, 4.69) is 10.5 Å². The summed E-state index contributed by atoms with van der Waals surface area (Å²) in [6.45, 7) is 0. The Morgan fingerprint density at radius 1 is 1.18 bits per heavy atom. The lowest BCUT2D eigenvalue weighted by Crippen LogP contribution is -2.19. The number of carbonyl (C=O) groups is 1. The number of hydrazone groups is 1. The molecule has 2 aromatic rings. The van der Waals surface area contributed by atoms with E-state index < -0.39 is 4.92 Å². The third-order valence-corrected chi connectivity index (χ3v) is 3.65. The fourth-order valence-corrected chi connectivity index (χ4v) is 2.35. The van der Waals surface area contributed by atoms with Crippen molar-refractivity contribution >= 4 is 29.6 Å². The molecule has 1 amide bonds. The highest BCUT2D eigenvalue weighted by atomic mass is 32.2. The first kappa shape index (κ1) is 15.7. The van der Waals surface area contributed by atoms with Crippen LogP contribution in [0.25, 0.3) is 0 Å². The van der Waals surface area contributed by atoms with Crippen molar-refractivity contribution in [1.29, 1.82) is 0 Å². The molecule has 0 radical (unpaired) electrons. The molecule has 0 aliphatic rings. The van der Waals surface area contributed by atoms with Crippen LogP contribution >= 0.6 is 11.8 Å². The van der Waals surface area contributed by atoms with Crippen molar-refractivity contribution < 1.29 is 9.72 Å². The van der Waals surface area contributed by atoms with Crippen molar-refractivity contribution in [2.24, 2.45) is 5.10 Å². The van der Waals surface area contributed by atoms with Gasteiger partial charge in [-0.25, -0.2) is 5.43 Å². The molecule has 1 N–H and O–H groups in total. The lowest BCUT2D eigenvalue weighted by molar-refractivity contribution is -0.385. The molecule has 0 aliphatic heterocycles. The number of nitro benzene ring substituents is 1. The van der Waals surface area contributed by atoms with Crippen LogP contribution in [0.3, 0.4) is 0 Å². The van der Waals surface area contributed by atoms with Gasteiger partial charge in [0, 0.05) is 11.0 Å². The Hall–Kier alpha value is -2.67. The number of rotatable bonds is 6. The second-order valence-electron chi connectivity index (χ2n) is 4.21. The number of thioether (sulfide) groups is 1. The van der Waals surface area contributed by atoms with Gasteiger partial charge in [-0.2, -0.15) is 5.10 Å². The third-order valence-electron chi connectivity index (χ3n) is 2.64. The van der Waals surface area contributed by atoms with Crippen LogP contribution in [0.2, 0.25) is 0 Å². The maximum atomic E-state index is 11.6. The third kappa shape index (κ3) is 4.71. The van der Waals surface area contributed by atoms with E-state index in [1.165, 1.54) is 24.0 Å². The predicted octanol–water partition coefficient (Wildman–Crippen LogP) is 2.84. The van der Waals surface area contributed by atoms with Gasteiger partial charge in [-0.1, -0.05) is 30.3 Å². The van der Waals surface area contributed by atoms with Gasteiger partial charge >= 0.3 is 0 Å². The number of nitrogens with one attached hydrogen (secondary N) is 1. The minimum absolute atomic E-state index is 0.0563. The average molecular weight is 315 g/mol. The molecule has 22 heavy (non-hydrogen) atoms. The predicted molar refractivity (Wildman–Crippen MR) is 86.0 cm³/mol. The first-order valence-corrected chi connectivity index (χ1v) is 7.38. The van der Waals surface area contributed by atoms with Gasteiger partial charge in [0.1, 0.15) is 0 Å². The molecule has 0 bridgehead atoms.